The van der Waals surface area contributed by atoms with Crippen LogP contribution in [0.15, 0.2) is 103 Å². The summed E-state index contributed by atoms with van der Waals surface area (Å²) in [4.78, 5) is 27.7. The average Bonchev–Trinajstić information content (AvgIpc) is 2.96. The van der Waals surface area contributed by atoms with E-state index in [0.29, 0.717) is 5.75 Å². The maximum absolute atomic E-state index is 14.0. The van der Waals surface area contributed by atoms with Crippen molar-refractivity contribution >= 4 is 40.0 Å². The summed E-state index contributed by atoms with van der Waals surface area (Å²) < 4.78 is 17.3. The SMILES string of the molecule is COC(=O)C(C(Oc1c(C)cc(C)cc1C)C(=O)OC)=P(c1ccccc1)(c1ccccc1)c1ccccc1. The molecule has 4 aromatic carbocycles. The molecule has 5 nitrogen and oxygen atoms in total. The molecule has 4 rings (SSSR count). The van der Waals surface area contributed by atoms with Crippen molar-refractivity contribution in [3.63, 3.8) is 0 Å². The van der Waals surface area contributed by atoms with Gasteiger partial charge in [0.15, 0.2) is 0 Å². The van der Waals surface area contributed by atoms with Gasteiger partial charge >= 0.3 is 11.9 Å². The van der Waals surface area contributed by atoms with Gasteiger partial charge in [-0.15, -0.1) is 0 Å². The number of rotatable bonds is 8. The predicted octanol–water partition coefficient (Wildman–Crippen LogP) is 4.87. The topological polar surface area (TPSA) is 61.8 Å². The van der Waals surface area contributed by atoms with Crippen LogP contribution in [0.5, 0.6) is 5.75 Å². The van der Waals surface area contributed by atoms with Crippen LogP contribution in [0.25, 0.3) is 0 Å². The first-order valence-corrected chi connectivity index (χ1v) is 14.5. The van der Waals surface area contributed by atoms with Crippen molar-refractivity contribution in [3.8, 4) is 5.75 Å². The molecule has 0 aliphatic rings. The standard InChI is InChI=1S/C33H33O5P/c1-23-21-24(2)29(25(3)22-23)38-30(32(34)36-4)31(33(35)37-5)39(26-15-9-6-10-16-26,27-17-11-7-12-18-27)28-19-13-8-14-20-28/h6-22,30H,1-5H3. The maximum atomic E-state index is 14.0. The van der Waals surface area contributed by atoms with Gasteiger partial charge in [-0.1, -0.05) is 109 Å². The Morgan fingerprint density at radius 2 is 1.05 bits per heavy atom. The smallest absolute Gasteiger partial charge is 0.352 e. The van der Waals surface area contributed by atoms with E-state index in [-0.39, 0.29) is 5.29 Å². The Kier molecular flexibility index (Phi) is 8.73. The van der Waals surface area contributed by atoms with Gasteiger partial charge in [-0.25, -0.2) is 9.59 Å². The number of ether oxygens (including phenoxy) is 3. The minimum absolute atomic E-state index is 0.208. The normalized spacial score (nSPS) is 11.8. The number of hydrogen-bond donors (Lipinski definition) is 0. The lowest BCUT2D eigenvalue weighted by atomic mass is 10.1. The van der Waals surface area contributed by atoms with Crippen molar-refractivity contribution in [3.05, 3.63) is 120 Å². The van der Waals surface area contributed by atoms with Crippen LogP contribution >= 0.6 is 6.89 Å². The van der Waals surface area contributed by atoms with E-state index in [4.69, 9.17) is 14.2 Å². The van der Waals surface area contributed by atoms with E-state index < -0.39 is 24.9 Å². The van der Waals surface area contributed by atoms with Crippen LogP contribution in [0, 0.1) is 20.8 Å². The predicted molar refractivity (Wildman–Crippen MR) is 159 cm³/mol. The van der Waals surface area contributed by atoms with Gasteiger partial charge in [-0.05, 0) is 54.7 Å². The van der Waals surface area contributed by atoms with E-state index in [1.807, 2.05) is 124 Å². The van der Waals surface area contributed by atoms with Gasteiger partial charge in [0.05, 0.1) is 19.5 Å². The average molecular weight is 541 g/mol. The molecule has 0 bridgehead atoms. The summed E-state index contributed by atoms with van der Waals surface area (Å²) in [6, 6.07) is 33.4. The molecule has 0 aliphatic carbocycles. The monoisotopic (exact) mass is 540 g/mol. The first kappa shape index (κ1) is 27.9. The molecule has 39 heavy (non-hydrogen) atoms. The van der Waals surface area contributed by atoms with Crippen LogP contribution in [0.4, 0.5) is 0 Å². The van der Waals surface area contributed by atoms with Gasteiger partial charge in [-0.2, -0.15) is 0 Å². The second-order valence-corrected chi connectivity index (χ2v) is 12.7. The van der Waals surface area contributed by atoms with Gasteiger partial charge in [0.1, 0.15) is 5.75 Å². The molecule has 0 N–H and O–H groups in total. The Balaban J connectivity index is 2.24. The maximum Gasteiger partial charge on any atom is 0.352 e. The summed E-state index contributed by atoms with van der Waals surface area (Å²) in [6.07, 6.45) is -1.36. The first-order valence-electron chi connectivity index (χ1n) is 12.7. The molecule has 4 aromatic rings. The third-order valence-electron chi connectivity index (χ3n) is 6.69. The lowest BCUT2D eigenvalue weighted by Gasteiger charge is -2.34. The zero-order chi connectivity index (χ0) is 28.0. The molecule has 0 saturated heterocycles. The Morgan fingerprint density at radius 3 is 1.41 bits per heavy atom. The number of esters is 2. The Labute approximate surface area is 230 Å². The molecule has 0 fully saturated rings. The van der Waals surface area contributed by atoms with Crippen LogP contribution < -0.4 is 20.7 Å². The Bertz CT molecular complexity index is 1390. The minimum atomic E-state index is -3.02. The summed E-state index contributed by atoms with van der Waals surface area (Å²) in [5.41, 5.74) is 2.78. The van der Waals surface area contributed by atoms with Crippen molar-refractivity contribution in [2.24, 2.45) is 0 Å². The lowest BCUT2D eigenvalue weighted by molar-refractivity contribution is -0.147. The summed E-state index contributed by atoms with van der Waals surface area (Å²) >= 11 is 0. The lowest BCUT2D eigenvalue weighted by Crippen LogP contribution is -2.46. The highest BCUT2D eigenvalue weighted by atomic mass is 31.2. The van der Waals surface area contributed by atoms with E-state index in [2.05, 4.69) is 0 Å². The molecular formula is C33H33O5P. The zero-order valence-corrected chi connectivity index (χ0v) is 23.8. The van der Waals surface area contributed by atoms with Crippen LogP contribution in [-0.2, 0) is 19.1 Å². The van der Waals surface area contributed by atoms with Gasteiger partial charge in [0.2, 0.25) is 6.10 Å². The zero-order valence-electron chi connectivity index (χ0n) is 22.9. The highest BCUT2D eigenvalue weighted by Crippen LogP contribution is 2.48. The largest absolute Gasteiger partial charge is 0.473 e. The fourth-order valence-corrected chi connectivity index (χ4v) is 9.60. The number of aryl methyl sites for hydroxylation is 3. The minimum Gasteiger partial charge on any atom is -0.473 e. The van der Waals surface area contributed by atoms with Crippen LogP contribution in [0.3, 0.4) is 0 Å². The summed E-state index contributed by atoms with van der Waals surface area (Å²) in [5.74, 6) is -0.774. The highest BCUT2D eigenvalue weighted by molar-refractivity contribution is 7.96. The molecule has 0 spiro atoms. The summed E-state index contributed by atoms with van der Waals surface area (Å²) in [5, 5.41) is 2.87. The number of benzene rings is 4. The Morgan fingerprint density at radius 1 is 0.641 bits per heavy atom. The second-order valence-electron chi connectivity index (χ2n) is 9.30. The fraction of sp³-hybridized carbons (Fsp3) is 0.182. The third kappa shape index (κ3) is 5.41. The fourth-order valence-electron chi connectivity index (χ4n) is 5.14. The number of hydrogen-bond acceptors (Lipinski definition) is 5. The second kappa shape index (κ2) is 12.2. The number of methoxy groups -OCH3 is 2. The highest BCUT2D eigenvalue weighted by Gasteiger charge is 2.43. The van der Waals surface area contributed by atoms with Crippen LogP contribution in [-0.4, -0.2) is 37.6 Å². The third-order valence-corrected chi connectivity index (χ3v) is 11.0. The van der Waals surface area contributed by atoms with Crippen molar-refractivity contribution in [1.29, 1.82) is 0 Å². The van der Waals surface area contributed by atoms with Crippen LogP contribution in [0.1, 0.15) is 16.7 Å². The molecule has 0 aromatic heterocycles. The van der Waals surface area contributed by atoms with Crippen molar-refractivity contribution in [2.45, 2.75) is 26.9 Å². The summed E-state index contributed by atoms with van der Waals surface area (Å²) in [6.45, 7) is 2.84. The molecule has 6 heteroatoms. The van der Waals surface area contributed by atoms with E-state index in [0.717, 1.165) is 32.6 Å². The van der Waals surface area contributed by atoms with E-state index in [1.165, 1.54) is 14.2 Å². The molecule has 200 valence electrons. The van der Waals surface area contributed by atoms with Gasteiger partial charge in [0.25, 0.3) is 0 Å². The molecular weight excluding hydrogens is 507 g/mol. The molecule has 1 atom stereocenters. The van der Waals surface area contributed by atoms with E-state index in [1.54, 1.807) is 0 Å². The Hall–Kier alpha value is -4.08. The quantitative estimate of drug-likeness (QED) is 0.236. The molecule has 0 aliphatic heterocycles. The van der Waals surface area contributed by atoms with Crippen molar-refractivity contribution in [2.75, 3.05) is 14.2 Å². The number of carbonyl (C=O) groups is 2. The van der Waals surface area contributed by atoms with Crippen molar-refractivity contribution in [1.82, 2.24) is 0 Å². The molecule has 0 heterocycles. The van der Waals surface area contributed by atoms with E-state index in [9.17, 15) is 9.59 Å². The van der Waals surface area contributed by atoms with Crippen molar-refractivity contribution < 1.29 is 23.8 Å². The summed E-state index contributed by atoms with van der Waals surface area (Å²) in [7, 11) is 2.63. The van der Waals surface area contributed by atoms with Gasteiger partial charge < -0.3 is 14.2 Å². The molecule has 0 amide bonds. The molecule has 0 saturated carbocycles. The van der Waals surface area contributed by atoms with Crippen LogP contribution in [0.2, 0.25) is 0 Å². The van der Waals surface area contributed by atoms with Gasteiger partial charge in [-0.3, -0.25) is 0 Å². The molecule has 0 radical (unpaired) electrons. The van der Waals surface area contributed by atoms with E-state index >= 15 is 0 Å². The van der Waals surface area contributed by atoms with Gasteiger partial charge in [0, 0.05) is 0 Å². The molecule has 1 unspecified atom stereocenters. The first-order chi connectivity index (χ1) is 18.8. The number of carbonyl (C=O) groups excluding carboxylic acids is 2.